The lowest BCUT2D eigenvalue weighted by atomic mass is 10.0. The summed E-state index contributed by atoms with van der Waals surface area (Å²) in [5.41, 5.74) is 4.25. The SMILES string of the molecule is CON=C(N(C)CN)C(C)(C)NC(=O)OC(C)(C)C. The Labute approximate surface area is 115 Å². The van der Waals surface area contributed by atoms with E-state index in [1.54, 1.807) is 46.6 Å². The van der Waals surface area contributed by atoms with E-state index in [1.807, 2.05) is 0 Å². The Bertz CT molecular complexity index is 334. The van der Waals surface area contributed by atoms with Crippen molar-refractivity contribution < 1.29 is 14.4 Å². The van der Waals surface area contributed by atoms with Crippen molar-refractivity contribution in [3.63, 3.8) is 0 Å². The fraction of sp³-hybridized carbons (Fsp3) is 0.833. The maximum absolute atomic E-state index is 11.8. The third-order valence-electron chi connectivity index (χ3n) is 2.19. The number of ether oxygens (including phenoxy) is 1. The molecule has 0 fully saturated rings. The summed E-state index contributed by atoms with van der Waals surface area (Å²) in [5, 5.41) is 6.65. The maximum Gasteiger partial charge on any atom is 0.408 e. The van der Waals surface area contributed by atoms with Crippen LogP contribution in [0.15, 0.2) is 5.16 Å². The molecule has 0 rings (SSSR count). The zero-order chi connectivity index (χ0) is 15.3. The smallest absolute Gasteiger partial charge is 0.408 e. The summed E-state index contributed by atoms with van der Waals surface area (Å²) in [5.74, 6) is 0.503. The van der Waals surface area contributed by atoms with Crippen molar-refractivity contribution in [1.29, 1.82) is 0 Å². The molecule has 0 bridgehead atoms. The first-order valence-electron chi connectivity index (χ1n) is 6.07. The van der Waals surface area contributed by atoms with E-state index in [-0.39, 0.29) is 6.67 Å². The number of amides is 1. The average molecular weight is 274 g/mol. The summed E-state index contributed by atoms with van der Waals surface area (Å²) in [6.45, 7) is 9.24. The number of alkyl carbamates (subject to hydrolysis) is 1. The molecule has 0 atom stereocenters. The minimum Gasteiger partial charge on any atom is -0.444 e. The molecule has 112 valence electrons. The van der Waals surface area contributed by atoms with Gasteiger partial charge in [-0.3, -0.25) is 0 Å². The molecule has 7 heteroatoms. The second-order valence-electron chi connectivity index (χ2n) is 5.73. The van der Waals surface area contributed by atoms with Gasteiger partial charge >= 0.3 is 6.09 Å². The topological polar surface area (TPSA) is 89.2 Å². The van der Waals surface area contributed by atoms with Gasteiger partial charge in [0.2, 0.25) is 0 Å². The van der Waals surface area contributed by atoms with E-state index in [4.69, 9.17) is 15.3 Å². The van der Waals surface area contributed by atoms with E-state index in [0.717, 1.165) is 0 Å². The Hall–Kier alpha value is -1.50. The van der Waals surface area contributed by atoms with E-state index < -0.39 is 17.2 Å². The molecule has 0 aliphatic heterocycles. The van der Waals surface area contributed by atoms with Crippen LogP contribution in [-0.2, 0) is 9.57 Å². The number of nitrogens with one attached hydrogen (secondary N) is 1. The van der Waals surface area contributed by atoms with Crippen LogP contribution < -0.4 is 11.1 Å². The molecule has 0 aromatic rings. The van der Waals surface area contributed by atoms with Crippen molar-refractivity contribution in [2.24, 2.45) is 10.9 Å². The average Bonchev–Trinajstić information content (AvgIpc) is 2.20. The fourth-order valence-corrected chi connectivity index (χ4v) is 1.45. The van der Waals surface area contributed by atoms with Gasteiger partial charge in [0.1, 0.15) is 12.7 Å². The highest BCUT2D eigenvalue weighted by Crippen LogP contribution is 2.12. The molecule has 0 saturated carbocycles. The summed E-state index contributed by atoms with van der Waals surface area (Å²) in [6, 6.07) is 0. The van der Waals surface area contributed by atoms with Crippen LogP contribution in [0.2, 0.25) is 0 Å². The minimum absolute atomic E-state index is 0.252. The molecule has 0 aromatic heterocycles. The van der Waals surface area contributed by atoms with Crippen LogP contribution in [0.4, 0.5) is 4.79 Å². The van der Waals surface area contributed by atoms with Gasteiger partial charge in [-0.1, -0.05) is 5.16 Å². The molecule has 7 nitrogen and oxygen atoms in total. The van der Waals surface area contributed by atoms with Gasteiger partial charge in [-0.2, -0.15) is 0 Å². The van der Waals surface area contributed by atoms with Crippen LogP contribution in [0.3, 0.4) is 0 Å². The fourth-order valence-electron chi connectivity index (χ4n) is 1.45. The lowest BCUT2D eigenvalue weighted by Gasteiger charge is -2.33. The standard InChI is InChI=1S/C12H26N4O3/c1-11(2,3)19-10(17)14-12(4,5)9(15-18-7)16(6)8-13/h8,13H2,1-7H3,(H,14,17). The number of nitrogens with two attached hydrogens (primary N) is 1. The van der Waals surface area contributed by atoms with E-state index in [1.165, 1.54) is 7.11 Å². The van der Waals surface area contributed by atoms with Crippen molar-refractivity contribution in [3.8, 4) is 0 Å². The van der Waals surface area contributed by atoms with Gasteiger partial charge in [0.05, 0.1) is 12.2 Å². The molecule has 0 radical (unpaired) electrons. The van der Waals surface area contributed by atoms with Gasteiger partial charge in [-0.25, -0.2) is 4.79 Å². The Morgan fingerprint density at radius 2 is 1.84 bits per heavy atom. The quantitative estimate of drug-likeness (QED) is 0.347. The number of rotatable bonds is 4. The number of carbonyl (C=O) groups excluding carboxylic acids is 1. The van der Waals surface area contributed by atoms with Gasteiger partial charge in [0, 0.05) is 7.05 Å². The molecule has 0 heterocycles. The number of amidine groups is 1. The molecule has 0 saturated heterocycles. The van der Waals surface area contributed by atoms with Gasteiger partial charge in [0.25, 0.3) is 0 Å². The highest BCUT2D eigenvalue weighted by Gasteiger charge is 2.32. The number of carbonyl (C=O) groups is 1. The van der Waals surface area contributed by atoms with Gasteiger partial charge in [0.15, 0.2) is 5.84 Å². The first-order chi connectivity index (χ1) is 8.53. The third-order valence-corrected chi connectivity index (χ3v) is 2.19. The van der Waals surface area contributed by atoms with Crippen molar-refractivity contribution in [2.45, 2.75) is 45.8 Å². The Kier molecular flexibility index (Phi) is 6.08. The third kappa shape index (κ3) is 6.28. The van der Waals surface area contributed by atoms with E-state index >= 15 is 0 Å². The van der Waals surface area contributed by atoms with Crippen LogP contribution in [0.1, 0.15) is 34.6 Å². The highest BCUT2D eigenvalue weighted by molar-refractivity contribution is 5.93. The molecule has 3 N–H and O–H groups in total. The predicted octanol–water partition coefficient (Wildman–Crippen LogP) is 1.10. The second kappa shape index (κ2) is 6.60. The Morgan fingerprint density at radius 3 is 2.21 bits per heavy atom. The highest BCUT2D eigenvalue weighted by atomic mass is 16.6. The number of oxime groups is 1. The first kappa shape index (κ1) is 17.5. The van der Waals surface area contributed by atoms with E-state index in [0.29, 0.717) is 5.84 Å². The molecule has 19 heavy (non-hydrogen) atoms. The lowest BCUT2D eigenvalue weighted by Crippen LogP contribution is -2.56. The van der Waals surface area contributed by atoms with Crippen molar-refractivity contribution >= 4 is 11.9 Å². The van der Waals surface area contributed by atoms with E-state index in [2.05, 4.69) is 10.5 Å². The number of hydrogen-bond donors (Lipinski definition) is 2. The molecule has 0 aliphatic rings. The largest absolute Gasteiger partial charge is 0.444 e. The first-order valence-corrected chi connectivity index (χ1v) is 6.07. The second-order valence-corrected chi connectivity index (χ2v) is 5.73. The van der Waals surface area contributed by atoms with Crippen molar-refractivity contribution in [1.82, 2.24) is 10.2 Å². The van der Waals surface area contributed by atoms with Gasteiger partial charge in [-0.15, -0.1) is 0 Å². The number of hydrogen-bond acceptors (Lipinski definition) is 5. The Balaban J connectivity index is 4.93. The van der Waals surface area contributed by atoms with Crippen molar-refractivity contribution in [2.75, 3.05) is 20.8 Å². The molecule has 0 spiro atoms. The van der Waals surface area contributed by atoms with Gasteiger partial charge in [-0.05, 0) is 34.6 Å². The minimum atomic E-state index is -0.771. The van der Waals surface area contributed by atoms with E-state index in [9.17, 15) is 4.79 Å². The normalized spacial score (nSPS) is 12.9. The number of nitrogens with zero attached hydrogens (tertiary/aromatic N) is 2. The van der Waals surface area contributed by atoms with Crippen LogP contribution in [-0.4, -0.2) is 48.8 Å². The predicted molar refractivity (Wildman–Crippen MR) is 74.7 cm³/mol. The molecular weight excluding hydrogens is 248 g/mol. The van der Waals surface area contributed by atoms with Crippen LogP contribution >= 0.6 is 0 Å². The summed E-state index contributed by atoms with van der Waals surface area (Å²) in [6.07, 6.45) is -0.522. The summed E-state index contributed by atoms with van der Waals surface area (Å²) in [7, 11) is 3.20. The summed E-state index contributed by atoms with van der Waals surface area (Å²) in [4.78, 5) is 18.3. The zero-order valence-electron chi connectivity index (χ0n) is 12.9. The molecule has 0 aliphatic carbocycles. The Morgan fingerprint density at radius 1 is 1.32 bits per heavy atom. The monoisotopic (exact) mass is 274 g/mol. The summed E-state index contributed by atoms with van der Waals surface area (Å²) < 4.78 is 5.22. The number of likely N-dealkylation sites (N-methyl/N-ethyl adjacent to an activating group) is 1. The van der Waals surface area contributed by atoms with Crippen LogP contribution in [0.5, 0.6) is 0 Å². The van der Waals surface area contributed by atoms with Crippen LogP contribution in [0.25, 0.3) is 0 Å². The zero-order valence-corrected chi connectivity index (χ0v) is 12.9. The molecule has 0 aromatic carbocycles. The summed E-state index contributed by atoms with van der Waals surface area (Å²) >= 11 is 0. The molecule has 1 amide bonds. The van der Waals surface area contributed by atoms with Crippen molar-refractivity contribution in [3.05, 3.63) is 0 Å². The lowest BCUT2D eigenvalue weighted by molar-refractivity contribution is 0.0491. The maximum atomic E-state index is 11.8. The molecular formula is C12H26N4O3. The molecule has 0 unspecified atom stereocenters. The van der Waals surface area contributed by atoms with Crippen LogP contribution in [0, 0.1) is 0 Å². The van der Waals surface area contributed by atoms with Gasteiger partial charge < -0.3 is 25.5 Å².